The van der Waals surface area contributed by atoms with Crippen LogP contribution in [0.5, 0.6) is 0 Å². The Bertz CT molecular complexity index is 1080. The lowest BCUT2D eigenvalue weighted by Gasteiger charge is -2.38. The Morgan fingerprint density at radius 2 is 1.81 bits per heavy atom. The number of aryl methyl sites for hydroxylation is 1. The van der Waals surface area contributed by atoms with Gasteiger partial charge in [0.05, 0.1) is 11.8 Å². The molecule has 2 aromatic rings. The smallest absolute Gasteiger partial charge is 0.181 e. The minimum atomic E-state index is -0.665. The summed E-state index contributed by atoms with van der Waals surface area (Å²) >= 11 is 0. The van der Waals surface area contributed by atoms with Gasteiger partial charge in [-0.15, -0.1) is 5.92 Å². The van der Waals surface area contributed by atoms with E-state index in [4.69, 9.17) is 20.5 Å². The minimum absolute atomic E-state index is 0.291. The fourth-order valence-corrected chi connectivity index (χ4v) is 4.83. The molecule has 1 aliphatic carbocycles. The summed E-state index contributed by atoms with van der Waals surface area (Å²) in [4.78, 5) is 14.5. The van der Waals surface area contributed by atoms with E-state index in [1.165, 1.54) is 5.56 Å². The highest BCUT2D eigenvalue weighted by Crippen LogP contribution is 2.47. The molecule has 1 aliphatic heterocycles. The van der Waals surface area contributed by atoms with Gasteiger partial charge in [-0.3, -0.25) is 9.98 Å². The van der Waals surface area contributed by atoms with Gasteiger partial charge in [0, 0.05) is 42.1 Å². The van der Waals surface area contributed by atoms with Crippen LogP contribution in [0.15, 0.2) is 46.6 Å². The molecule has 2 aliphatic rings. The van der Waals surface area contributed by atoms with Gasteiger partial charge in [-0.25, -0.2) is 4.99 Å². The fraction of sp³-hybridized carbons (Fsp3) is 0.423. The zero-order valence-corrected chi connectivity index (χ0v) is 18.8. The molecule has 31 heavy (non-hydrogen) atoms. The number of nitrogens with two attached hydrogens (primary N) is 1. The van der Waals surface area contributed by atoms with E-state index >= 15 is 0 Å². The maximum absolute atomic E-state index is 6.27. The second-order valence-corrected chi connectivity index (χ2v) is 8.50. The van der Waals surface area contributed by atoms with Crippen LogP contribution in [-0.2, 0) is 10.4 Å². The van der Waals surface area contributed by atoms with Crippen molar-refractivity contribution < 1.29 is 4.74 Å². The molecule has 5 heteroatoms. The van der Waals surface area contributed by atoms with Gasteiger partial charge in [0.1, 0.15) is 5.84 Å². The Balaban J connectivity index is 1.81. The lowest BCUT2D eigenvalue weighted by atomic mass is 9.74. The van der Waals surface area contributed by atoms with Crippen molar-refractivity contribution in [1.82, 2.24) is 4.98 Å². The highest BCUT2D eigenvalue weighted by Gasteiger charge is 2.46. The molecule has 2 heterocycles. The van der Waals surface area contributed by atoms with Crippen molar-refractivity contribution in [3.63, 3.8) is 0 Å². The molecule has 2 N–H and O–H groups in total. The molecule has 0 saturated heterocycles. The van der Waals surface area contributed by atoms with Crippen molar-refractivity contribution in [2.24, 2.45) is 21.6 Å². The van der Waals surface area contributed by atoms with Crippen LogP contribution < -0.4 is 5.73 Å². The number of hydrogen-bond donors (Lipinski definition) is 1. The topological polar surface area (TPSA) is 72.9 Å². The number of amidine groups is 1. The third-order valence-corrected chi connectivity index (χ3v) is 6.55. The highest BCUT2D eigenvalue weighted by molar-refractivity contribution is 6.41. The average Bonchev–Trinajstić information content (AvgIpc) is 3.09. The number of methoxy groups -OCH3 is 1. The Morgan fingerprint density at radius 3 is 2.45 bits per heavy atom. The van der Waals surface area contributed by atoms with E-state index in [1.807, 2.05) is 20.0 Å². The summed E-state index contributed by atoms with van der Waals surface area (Å²) in [6.07, 6.45) is 8.06. The van der Waals surface area contributed by atoms with Crippen molar-refractivity contribution in [1.29, 1.82) is 0 Å². The first kappa shape index (κ1) is 21.3. The van der Waals surface area contributed by atoms with Crippen LogP contribution >= 0.6 is 0 Å². The minimum Gasteiger partial charge on any atom is -0.382 e. The number of ether oxygens (including phenoxy) is 1. The first-order valence-corrected chi connectivity index (χ1v) is 10.9. The Hall–Kier alpha value is -2.97. The monoisotopic (exact) mass is 414 g/mol. The van der Waals surface area contributed by atoms with E-state index in [9.17, 15) is 0 Å². The molecule has 1 fully saturated rings. The van der Waals surface area contributed by atoms with Crippen LogP contribution in [0.1, 0.15) is 56.2 Å². The summed E-state index contributed by atoms with van der Waals surface area (Å²) < 4.78 is 5.60. The molecule has 1 unspecified atom stereocenters. The van der Waals surface area contributed by atoms with Crippen LogP contribution in [0.3, 0.4) is 0 Å². The number of aliphatic imine (C=N–C) groups is 2. The third-order valence-electron chi connectivity index (χ3n) is 6.55. The third kappa shape index (κ3) is 4.00. The van der Waals surface area contributed by atoms with Gasteiger partial charge in [0.25, 0.3) is 0 Å². The molecule has 1 saturated carbocycles. The zero-order chi connectivity index (χ0) is 22.0. The molecule has 4 rings (SSSR count). The summed E-state index contributed by atoms with van der Waals surface area (Å²) in [7, 11) is 1.80. The normalized spacial score (nSPS) is 25.4. The maximum atomic E-state index is 6.27. The van der Waals surface area contributed by atoms with Gasteiger partial charge in [-0.2, -0.15) is 0 Å². The van der Waals surface area contributed by atoms with Crippen LogP contribution in [0.4, 0.5) is 0 Å². The molecular weight excluding hydrogens is 384 g/mol. The summed E-state index contributed by atoms with van der Waals surface area (Å²) in [5.41, 5.74) is 11.8. The lowest BCUT2D eigenvalue weighted by molar-refractivity contribution is 0.0426. The number of hydrogen-bond acceptors (Lipinski definition) is 5. The molecule has 5 nitrogen and oxygen atoms in total. The van der Waals surface area contributed by atoms with E-state index < -0.39 is 5.66 Å². The predicted molar refractivity (Wildman–Crippen MR) is 126 cm³/mol. The largest absolute Gasteiger partial charge is 0.382 e. The molecule has 0 bridgehead atoms. The molecule has 1 aromatic heterocycles. The van der Waals surface area contributed by atoms with Gasteiger partial charge < -0.3 is 10.5 Å². The molecule has 0 spiro atoms. The van der Waals surface area contributed by atoms with Crippen molar-refractivity contribution in [2.45, 2.75) is 58.2 Å². The predicted octanol–water partition coefficient (Wildman–Crippen LogP) is 4.62. The van der Waals surface area contributed by atoms with E-state index in [1.54, 1.807) is 13.3 Å². The van der Waals surface area contributed by atoms with Crippen LogP contribution in [0.2, 0.25) is 0 Å². The molecule has 160 valence electrons. The number of nitrogens with zero attached hydrogens (tertiary/aromatic N) is 3. The van der Waals surface area contributed by atoms with Crippen molar-refractivity contribution in [3.8, 4) is 23.0 Å². The van der Waals surface area contributed by atoms with E-state index in [0.29, 0.717) is 17.9 Å². The highest BCUT2D eigenvalue weighted by atomic mass is 16.5. The molecule has 0 amide bonds. The van der Waals surface area contributed by atoms with Gasteiger partial charge in [0.2, 0.25) is 0 Å². The maximum Gasteiger partial charge on any atom is 0.181 e. The summed E-state index contributed by atoms with van der Waals surface area (Å²) in [5.74, 6) is 6.87. The number of rotatable bonds is 4. The van der Waals surface area contributed by atoms with Gasteiger partial charge in [0.15, 0.2) is 5.66 Å². The first-order chi connectivity index (χ1) is 15.0. The van der Waals surface area contributed by atoms with Gasteiger partial charge in [-0.05, 0) is 69.7 Å². The second-order valence-electron chi connectivity index (χ2n) is 8.50. The zero-order valence-electron chi connectivity index (χ0n) is 18.8. The SMILES string of the molecule is CC#Cc1cncc(-c2ccc(C)c(C3(C4CCC(OC)CC4)N=C(C)C(N)=N3)c2)c1. The first-order valence-electron chi connectivity index (χ1n) is 10.9. The Kier molecular flexibility index (Phi) is 5.93. The average molecular weight is 415 g/mol. The van der Waals surface area contributed by atoms with Crippen molar-refractivity contribution in [3.05, 3.63) is 53.3 Å². The van der Waals surface area contributed by atoms with Crippen LogP contribution in [0, 0.1) is 24.7 Å². The number of pyridine rings is 1. The number of benzene rings is 1. The fourth-order valence-electron chi connectivity index (χ4n) is 4.83. The molecule has 1 atom stereocenters. The standard InChI is InChI=1S/C26H30N4O/c1-5-6-19-13-21(16-28-15-19)20-8-7-17(2)24(14-20)26(29-18(3)25(27)30-26)22-9-11-23(31-4)12-10-22/h7-8,13-16,22-23H,9-12H2,1-4H3,(H2,27,30). The van der Waals surface area contributed by atoms with Crippen LogP contribution in [0.25, 0.3) is 11.1 Å². The summed E-state index contributed by atoms with van der Waals surface area (Å²) in [5, 5.41) is 0. The van der Waals surface area contributed by atoms with E-state index in [2.05, 4.69) is 48.0 Å². The molecule has 1 aromatic carbocycles. The Morgan fingerprint density at radius 1 is 1.03 bits per heavy atom. The molecule has 0 radical (unpaired) electrons. The van der Waals surface area contributed by atoms with Crippen molar-refractivity contribution >= 4 is 11.5 Å². The lowest BCUT2D eigenvalue weighted by Crippen LogP contribution is -2.36. The molecular formula is C26H30N4O. The second kappa shape index (κ2) is 8.64. The number of aromatic nitrogens is 1. The Labute approximate surface area is 184 Å². The van der Waals surface area contributed by atoms with Crippen molar-refractivity contribution in [2.75, 3.05) is 7.11 Å². The van der Waals surface area contributed by atoms with E-state index in [-0.39, 0.29) is 0 Å². The van der Waals surface area contributed by atoms with Gasteiger partial charge >= 0.3 is 0 Å². The quantitative estimate of drug-likeness (QED) is 0.742. The summed E-state index contributed by atoms with van der Waals surface area (Å²) in [6.45, 7) is 5.92. The van der Waals surface area contributed by atoms with Crippen LogP contribution in [-0.4, -0.2) is 29.7 Å². The van der Waals surface area contributed by atoms with E-state index in [0.717, 1.165) is 53.6 Å². The van der Waals surface area contributed by atoms with Gasteiger partial charge in [-0.1, -0.05) is 18.1 Å². The summed E-state index contributed by atoms with van der Waals surface area (Å²) in [6, 6.07) is 8.58.